The Labute approximate surface area is 135 Å². The number of aliphatic hydroxyl groups is 1. The molecular weight excluding hydrogens is 332 g/mol. The van der Waals surface area contributed by atoms with E-state index in [1.165, 1.54) is 0 Å². The van der Waals surface area contributed by atoms with Crippen LogP contribution in [0.2, 0.25) is 0 Å². The fourth-order valence-corrected chi connectivity index (χ4v) is 2.38. The second-order valence-corrected chi connectivity index (χ2v) is 5.73. The van der Waals surface area contributed by atoms with Gasteiger partial charge in [-0.25, -0.2) is 4.39 Å². The molecule has 9 heteroatoms. The summed E-state index contributed by atoms with van der Waals surface area (Å²) in [6.45, 7) is 2.05. The number of nitrogens with one attached hydrogen (secondary N) is 1. The van der Waals surface area contributed by atoms with Crippen molar-refractivity contribution in [3.05, 3.63) is 29.6 Å². The molecule has 2 unspecified atom stereocenters. The number of piperidine rings is 1. The predicted molar refractivity (Wildman–Crippen MR) is 76.4 cm³/mol. The van der Waals surface area contributed by atoms with Gasteiger partial charge in [0.1, 0.15) is 5.82 Å². The zero-order valence-electron chi connectivity index (χ0n) is 12.7. The number of rotatable bonds is 1. The summed E-state index contributed by atoms with van der Waals surface area (Å²) < 4.78 is 51.1. The van der Waals surface area contributed by atoms with Gasteiger partial charge in [0.15, 0.2) is 0 Å². The lowest BCUT2D eigenvalue weighted by Crippen LogP contribution is -2.49. The van der Waals surface area contributed by atoms with Crippen LogP contribution < -0.4 is 5.32 Å². The lowest BCUT2D eigenvalue weighted by atomic mass is 9.96. The highest BCUT2D eigenvalue weighted by molar-refractivity contribution is 6.39. The third-order valence-electron chi connectivity index (χ3n) is 3.93. The maximum Gasteiger partial charge on any atom is 0.419 e. The molecule has 1 aromatic carbocycles. The Morgan fingerprint density at radius 2 is 2.00 bits per heavy atom. The molecule has 0 saturated carbocycles. The summed E-state index contributed by atoms with van der Waals surface area (Å²) in [6, 6.07) is 1.92. The van der Waals surface area contributed by atoms with E-state index < -0.39 is 35.5 Å². The summed E-state index contributed by atoms with van der Waals surface area (Å²) in [7, 11) is 0. The monoisotopic (exact) mass is 348 g/mol. The topological polar surface area (TPSA) is 69.6 Å². The second-order valence-electron chi connectivity index (χ2n) is 5.73. The molecular formula is C15H16F4N2O3. The number of amides is 2. The third-order valence-corrected chi connectivity index (χ3v) is 3.93. The number of aliphatic hydroxyl groups excluding tert-OH is 1. The molecule has 1 aromatic rings. The zero-order chi connectivity index (χ0) is 18.1. The Kier molecular flexibility index (Phi) is 5.12. The average molecular weight is 348 g/mol. The maximum atomic E-state index is 13.2. The summed E-state index contributed by atoms with van der Waals surface area (Å²) in [6.07, 6.45) is -5.17. The van der Waals surface area contributed by atoms with Gasteiger partial charge in [-0.2, -0.15) is 13.2 Å². The number of hydrogen-bond donors (Lipinski definition) is 2. The highest BCUT2D eigenvalue weighted by Crippen LogP contribution is 2.33. The van der Waals surface area contributed by atoms with Gasteiger partial charge in [-0.1, -0.05) is 6.92 Å². The van der Waals surface area contributed by atoms with Crippen LogP contribution in [0.15, 0.2) is 18.2 Å². The number of carbonyl (C=O) groups is 2. The standard InChI is InChI=1S/C15H16F4N2O3/c1-8-4-5-21(7-12(8)22)14(24)13(23)20-9-2-3-11(16)10(6-9)15(17,18)19/h2-3,6,8,12,22H,4-5,7H2,1H3,(H,20,23). The van der Waals surface area contributed by atoms with E-state index in [9.17, 15) is 32.3 Å². The first-order valence-corrected chi connectivity index (χ1v) is 7.24. The third kappa shape index (κ3) is 4.02. The molecule has 1 aliphatic rings. The second kappa shape index (κ2) is 6.76. The molecule has 1 fully saturated rings. The van der Waals surface area contributed by atoms with E-state index in [0.717, 1.165) is 11.0 Å². The van der Waals surface area contributed by atoms with Crippen LogP contribution in [0.25, 0.3) is 0 Å². The van der Waals surface area contributed by atoms with Crippen LogP contribution in [0.1, 0.15) is 18.9 Å². The number of alkyl halides is 3. The van der Waals surface area contributed by atoms with Crippen molar-refractivity contribution in [1.82, 2.24) is 4.90 Å². The molecule has 0 bridgehead atoms. The molecule has 2 N–H and O–H groups in total. The van der Waals surface area contributed by atoms with Crippen LogP contribution in [-0.2, 0) is 15.8 Å². The molecule has 5 nitrogen and oxygen atoms in total. The van der Waals surface area contributed by atoms with Crippen molar-refractivity contribution in [2.75, 3.05) is 18.4 Å². The van der Waals surface area contributed by atoms with Gasteiger partial charge in [0, 0.05) is 18.8 Å². The Morgan fingerprint density at radius 3 is 2.58 bits per heavy atom. The number of anilines is 1. The smallest absolute Gasteiger partial charge is 0.391 e. The van der Waals surface area contributed by atoms with Crippen LogP contribution >= 0.6 is 0 Å². The Bertz CT molecular complexity index is 648. The van der Waals surface area contributed by atoms with Gasteiger partial charge in [0.2, 0.25) is 0 Å². The first-order valence-electron chi connectivity index (χ1n) is 7.24. The van der Waals surface area contributed by atoms with Crippen molar-refractivity contribution < 1.29 is 32.3 Å². The lowest BCUT2D eigenvalue weighted by molar-refractivity contribution is -0.146. The van der Waals surface area contributed by atoms with Crippen LogP contribution in [-0.4, -0.2) is 41.0 Å². The highest BCUT2D eigenvalue weighted by Gasteiger charge is 2.35. The summed E-state index contributed by atoms with van der Waals surface area (Å²) >= 11 is 0. The van der Waals surface area contributed by atoms with Crippen molar-refractivity contribution >= 4 is 17.5 Å². The number of carbonyl (C=O) groups excluding carboxylic acids is 2. The molecule has 2 atom stereocenters. The number of benzene rings is 1. The number of likely N-dealkylation sites (tertiary alicyclic amines) is 1. The van der Waals surface area contributed by atoms with Crippen molar-refractivity contribution in [3.8, 4) is 0 Å². The minimum absolute atomic E-state index is 0.0106. The number of hydrogen-bond acceptors (Lipinski definition) is 3. The lowest BCUT2D eigenvalue weighted by Gasteiger charge is -2.33. The van der Waals surface area contributed by atoms with Gasteiger partial charge in [0.05, 0.1) is 11.7 Å². The summed E-state index contributed by atoms with van der Waals surface area (Å²) in [5, 5.41) is 11.8. The fourth-order valence-electron chi connectivity index (χ4n) is 2.38. The molecule has 1 heterocycles. The largest absolute Gasteiger partial charge is 0.419 e. The zero-order valence-corrected chi connectivity index (χ0v) is 12.7. The molecule has 2 rings (SSSR count). The molecule has 2 amide bonds. The van der Waals surface area contributed by atoms with E-state index in [0.29, 0.717) is 18.6 Å². The molecule has 24 heavy (non-hydrogen) atoms. The minimum atomic E-state index is -4.91. The van der Waals surface area contributed by atoms with Gasteiger partial charge < -0.3 is 15.3 Å². The predicted octanol–water partition coefficient (Wildman–Crippen LogP) is 2.01. The maximum absolute atomic E-state index is 13.2. The normalized spacial score (nSPS) is 21.5. The van der Waals surface area contributed by atoms with Crippen LogP contribution in [0.4, 0.5) is 23.2 Å². The summed E-state index contributed by atoms with van der Waals surface area (Å²) in [4.78, 5) is 25.0. The molecule has 0 radical (unpaired) electrons. The SMILES string of the molecule is CC1CCN(C(=O)C(=O)Nc2ccc(F)c(C(F)(F)F)c2)CC1O. The molecule has 0 spiro atoms. The highest BCUT2D eigenvalue weighted by atomic mass is 19.4. The van der Waals surface area contributed by atoms with Gasteiger partial charge in [-0.15, -0.1) is 0 Å². The van der Waals surface area contributed by atoms with Crippen molar-refractivity contribution in [2.24, 2.45) is 5.92 Å². The Balaban J connectivity index is 2.08. The molecule has 0 aliphatic carbocycles. The molecule has 1 saturated heterocycles. The average Bonchev–Trinajstić information content (AvgIpc) is 2.50. The van der Waals surface area contributed by atoms with E-state index in [-0.39, 0.29) is 24.7 Å². The number of β-amino-alcohol motifs (C(OH)–C–C–N with tert-alkyl or cyclic N) is 1. The van der Waals surface area contributed by atoms with E-state index >= 15 is 0 Å². The van der Waals surface area contributed by atoms with Gasteiger partial charge >= 0.3 is 18.0 Å². The van der Waals surface area contributed by atoms with Gasteiger partial charge in [-0.3, -0.25) is 9.59 Å². The van der Waals surface area contributed by atoms with E-state index in [2.05, 4.69) is 0 Å². The molecule has 0 aromatic heterocycles. The quantitative estimate of drug-likeness (QED) is 0.603. The summed E-state index contributed by atoms with van der Waals surface area (Å²) in [5.41, 5.74) is -1.87. The van der Waals surface area contributed by atoms with Gasteiger partial charge in [-0.05, 0) is 30.5 Å². The number of nitrogens with zero attached hydrogens (tertiary/aromatic N) is 1. The van der Waals surface area contributed by atoms with Crippen LogP contribution in [0.3, 0.4) is 0 Å². The first-order chi connectivity index (χ1) is 11.1. The van der Waals surface area contributed by atoms with E-state index in [4.69, 9.17) is 0 Å². The van der Waals surface area contributed by atoms with E-state index in [1.54, 1.807) is 0 Å². The number of halogens is 4. The van der Waals surface area contributed by atoms with Gasteiger partial charge in [0.25, 0.3) is 0 Å². The van der Waals surface area contributed by atoms with Crippen molar-refractivity contribution in [2.45, 2.75) is 25.6 Å². The van der Waals surface area contributed by atoms with E-state index in [1.807, 2.05) is 12.2 Å². The molecule has 1 aliphatic heterocycles. The Hall–Kier alpha value is -2.16. The van der Waals surface area contributed by atoms with Crippen molar-refractivity contribution in [3.63, 3.8) is 0 Å². The first kappa shape index (κ1) is 18.2. The molecule has 132 valence electrons. The Morgan fingerprint density at radius 1 is 1.33 bits per heavy atom. The van der Waals surface area contributed by atoms with Crippen LogP contribution in [0, 0.1) is 11.7 Å². The fraction of sp³-hybridized carbons (Fsp3) is 0.467. The van der Waals surface area contributed by atoms with Crippen molar-refractivity contribution in [1.29, 1.82) is 0 Å². The summed E-state index contributed by atoms with van der Waals surface area (Å²) in [5.74, 6) is -3.58. The minimum Gasteiger partial charge on any atom is -0.391 e. The van der Waals surface area contributed by atoms with Crippen LogP contribution in [0.5, 0.6) is 0 Å².